The highest BCUT2D eigenvalue weighted by molar-refractivity contribution is 6.35. The number of rotatable bonds is 5. The van der Waals surface area contributed by atoms with Crippen LogP contribution in [0.5, 0.6) is 0 Å². The van der Waals surface area contributed by atoms with Crippen LogP contribution in [0.1, 0.15) is 17.3 Å². The first-order chi connectivity index (χ1) is 11.4. The van der Waals surface area contributed by atoms with Crippen molar-refractivity contribution in [1.29, 1.82) is 0 Å². The standard InChI is InChI=1S/C17H17Cl2N3O2/c1-10(16(23)22-15-9-12(18)6-7-14(15)19)21-13-5-3-4-11(8-13)17(24)20-2/h3-10,21H,1-2H3,(H,20,24)(H,22,23)/t10-/m1/s1. The lowest BCUT2D eigenvalue weighted by molar-refractivity contribution is -0.116. The van der Waals surface area contributed by atoms with Crippen LogP contribution >= 0.6 is 23.2 Å². The van der Waals surface area contributed by atoms with Crippen LogP contribution in [0, 0.1) is 0 Å². The molecule has 0 fully saturated rings. The van der Waals surface area contributed by atoms with Gasteiger partial charge in [-0.3, -0.25) is 9.59 Å². The third-order valence-corrected chi connectivity index (χ3v) is 3.88. The molecule has 0 spiro atoms. The van der Waals surface area contributed by atoms with Crippen LogP contribution in [0.4, 0.5) is 11.4 Å². The third kappa shape index (κ3) is 4.63. The number of anilines is 2. The zero-order valence-electron chi connectivity index (χ0n) is 13.2. The Hall–Kier alpha value is -2.24. The quantitative estimate of drug-likeness (QED) is 0.754. The molecule has 0 saturated heterocycles. The summed E-state index contributed by atoms with van der Waals surface area (Å²) in [6.07, 6.45) is 0. The number of carbonyl (C=O) groups excluding carboxylic acids is 2. The van der Waals surface area contributed by atoms with Gasteiger partial charge in [0.15, 0.2) is 0 Å². The van der Waals surface area contributed by atoms with Crippen LogP contribution in [0.2, 0.25) is 10.0 Å². The summed E-state index contributed by atoms with van der Waals surface area (Å²) in [7, 11) is 1.56. The van der Waals surface area contributed by atoms with Crippen LogP contribution in [0.25, 0.3) is 0 Å². The smallest absolute Gasteiger partial charge is 0.251 e. The fraction of sp³-hybridized carbons (Fsp3) is 0.176. The second-order valence-corrected chi connectivity index (χ2v) is 5.98. The van der Waals surface area contributed by atoms with E-state index in [1.54, 1.807) is 56.4 Å². The molecule has 0 aliphatic rings. The van der Waals surface area contributed by atoms with Gasteiger partial charge < -0.3 is 16.0 Å². The third-order valence-electron chi connectivity index (χ3n) is 3.31. The van der Waals surface area contributed by atoms with Gasteiger partial charge in [-0.25, -0.2) is 0 Å². The number of carbonyl (C=O) groups is 2. The Morgan fingerprint density at radius 3 is 2.54 bits per heavy atom. The summed E-state index contributed by atoms with van der Waals surface area (Å²) in [4.78, 5) is 24.0. The van der Waals surface area contributed by atoms with Crippen molar-refractivity contribution >= 4 is 46.4 Å². The van der Waals surface area contributed by atoms with E-state index in [1.165, 1.54) is 0 Å². The summed E-state index contributed by atoms with van der Waals surface area (Å²) in [5.74, 6) is -0.467. The first-order valence-electron chi connectivity index (χ1n) is 7.25. The average Bonchev–Trinajstić information content (AvgIpc) is 2.57. The zero-order valence-corrected chi connectivity index (χ0v) is 14.7. The second-order valence-electron chi connectivity index (χ2n) is 5.14. The van der Waals surface area contributed by atoms with E-state index in [2.05, 4.69) is 16.0 Å². The minimum absolute atomic E-state index is 0.193. The SMILES string of the molecule is CNC(=O)c1cccc(N[C@H](C)C(=O)Nc2cc(Cl)ccc2Cl)c1. The Morgan fingerprint density at radius 1 is 1.08 bits per heavy atom. The number of hydrogen-bond donors (Lipinski definition) is 3. The number of hydrogen-bond acceptors (Lipinski definition) is 3. The molecule has 2 aromatic rings. The van der Waals surface area contributed by atoms with Gasteiger partial charge in [0, 0.05) is 23.3 Å². The van der Waals surface area contributed by atoms with E-state index in [1.807, 2.05) is 0 Å². The van der Waals surface area contributed by atoms with Gasteiger partial charge in [0.2, 0.25) is 5.91 Å². The van der Waals surface area contributed by atoms with E-state index < -0.39 is 6.04 Å². The lowest BCUT2D eigenvalue weighted by Gasteiger charge is -2.16. The van der Waals surface area contributed by atoms with Gasteiger partial charge in [-0.2, -0.15) is 0 Å². The molecule has 0 saturated carbocycles. The molecule has 0 bridgehead atoms. The predicted octanol–water partition coefficient (Wildman–Crippen LogP) is 3.79. The van der Waals surface area contributed by atoms with Gasteiger partial charge in [-0.05, 0) is 43.3 Å². The van der Waals surface area contributed by atoms with Crippen molar-refractivity contribution in [3.8, 4) is 0 Å². The maximum atomic E-state index is 12.3. The van der Waals surface area contributed by atoms with E-state index >= 15 is 0 Å². The predicted molar refractivity (Wildman–Crippen MR) is 98.0 cm³/mol. The van der Waals surface area contributed by atoms with Crippen molar-refractivity contribution < 1.29 is 9.59 Å². The Labute approximate surface area is 150 Å². The number of amides is 2. The molecule has 126 valence electrons. The van der Waals surface area contributed by atoms with E-state index in [9.17, 15) is 9.59 Å². The fourth-order valence-electron chi connectivity index (χ4n) is 2.04. The summed E-state index contributed by atoms with van der Waals surface area (Å²) in [5.41, 5.74) is 1.62. The molecule has 2 rings (SSSR count). The molecule has 0 heterocycles. The summed E-state index contributed by atoms with van der Waals surface area (Å²) in [6, 6.07) is 11.2. The Bertz CT molecular complexity index is 765. The maximum absolute atomic E-state index is 12.3. The summed E-state index contributed by atoms with van der Waals surface area (Å²) >= 11 is 11.9. The Kier molecular flexibility index (Phi) is 6.06. The molecule has 7 heteroatoms. The van der Waals surface area contributed by atoms with Crippen molar-refractivity contribution in [3.05, 3.63) is 58.1 Å². The molecule has 0 aromatic heterocycles. The molecule has 0 aliphatic heterocycles. The lowest BCUT2D eigenvalue weighted by atomic mass is 10.1. The van der Waals surface area contributed by atoms with Crippen molar-refractivity contribution in [2.75, 3.05) is 17.7 Å². The minimum Gasteiger partial charge on any atom is -0.374 e. The number of halogens is 2. The zero-order chi connectivity index (χ0) is 17.7. The molecule has 2 aromatic carbocycles. The van der Waals surface area contributed by atoms with Crippen molar-refractivity contribution in [2.45, 2.75) is 13.0 Å². The van der Waals surface area contributed by atoms with Crippen molar-refractivity contribution in [1.82, 2.24) is 5.32 Å². The Balaban J connectivity index is 2.06. The molecule has 3 N–H and O–H groups in total. The number of nitrogens with one attached hydrogen (secondary N) is 3. The lowest BCUT2D eigenvalue weighted by Crippen LogP contribution is -2.32. The molecule has 0 aliphatic carbocycles. The molecule has 0 unspecified atom stereocenters. The first-order valence-corrected chi connectivity index (χ1v) is 8.01. The average molecular weight is 366 g/mol. The van der Waals surface area contributed by atoms with E-state index in [-0.39, 0.29) is 11.8 Å². The molecule has 5 nitrogen and oxygen atoms in total. The van der Waals surface area contributed by atoms with Crippen LogP contribution in [0.15, 0.2) is 42.5 Å². The highest BCUT2D eigenvalue weighted by atomic mass is 35.5. The molecule has 24 heavy (non-hydrogen) atoms. The molecular weight excluding hydrogens is 349 g/mol. The van der Waals surface area contributed by atoms with Crippen molar-refractivity contribution in [3.63, 3.8) is 0 Å². The van der Waals surface area contributed by atoms with E-state index in [0.29, 0.717) is 27.0 Å². The Morgan fingerprint density at radius 2 is 1.83 bits per heavy atom. The van der Waals surface area contributed by atoms with Crippen LogP contribution in [-0.4, -0.2) is 24.9 Å². The monoisotopic (exact) mass is 365 g/mol. The molecular formula is C17H17Cl2N3O2. The number of benzene rings is 2. The highest BCUT2D eigenvalue weighted by Gasteiger charge is 2.15. The van der Waals surface area contributed by atoms with Gasteiger partial charge >= 0.3 is 0 Å². The van der Waals surface area contributed by atoms with Crippen molar-refractivity contribution in [2.24, 2.45) is 0 Å². The van der Waals surface area contributed by atoms with Gasteiger partial charge in [-0.1, -0.05) is 29.3 Å². The summed E-state index contributed by atoms with van der Waals surface area (Å²) in [6.45, 7) is 1.71. The summed E-state index contributed by atoms with van der Waals surface area (Å²) < 4.78 is 0. The topological polar surface area (TPSA) is 70.2 Å². The second kappa shape index (κ2) is 8.04. The molecule has 1 atom stereocenters. The minimum atomic E-state index is -0.542. The fourth-order valence-corrected chi connectivity index (χ4v) is 2.38. The molecule has 0 radical (unpaired) electrons. The van der Waals surface area contributed by atoms with Gasteiger partial charge in [0.1, 0.15) is 6.04 Å². The van der Waals surface area contributed by atoms with Crippen LogP contribution in [-0.2, 0) is 4.79 Å². The van der Waals surface area contributed by atoms with E-state index in [0.717, 1.165) is 0 Å². The normalized spacial score (nSPS) is 11.5. The van der Waals surface area contributed by atoms with Gasteiger partial charge in [0.25, 0.3) is 5.91 Å². The van der Waals surface area contributed by atoms with Gasteiger partial charge in [0.05, 0.1) is 10.7 Å². The summed E-state index contributed by atoms with van der Waals surface area (Å²) in [5, 5.41) is 9.21. The van der Waals surface area contributed by atoms with E-state index in [4.69, 9.17) is 23.2 Å². The van der Waals surface area contributed by atoms with Crippen LogP contribution < -0.4 is 16.0 Å². The van der Waals surface area contributed by atoms with Gasteiger partial charge in [-0.15, -0.1) is 0 Å². The molecule has 2 amide bonds. The highest BCUT2D eigenvalue weighted by Crippen LogP contribution is 2.25. The van der Waals surface area contributed by atoms with Crippen LogP contribution in [0.3, 0.4) is 0 Å². The first kappa shape index (κ1) is 18.1. The maximum Gasteiger partial charge on any atom is 0.251 e. The largest absolute Gasteiger partial charge is 0.374 e.